The summed E-state index contributed by atoms with van der Waals surface area (Å²) >= 11 is 0. The Morgan fingerprint density at radius 1 is 1.50 bits per heavy atom. The summed E-state index contributed by atoms with van der Waals surface area (Å²) in [6, 6.07) is 0. The second-order valence-corrected chi connectivity index (χ2v) is 4.84. The van der Waals surface area contributed by atoms with E-state index < -0.39 is 0 Å². The van der Waals surface area contributed by atoms with Crippen LogP contribution in [0.1, 0.15) is 32.6 Å². The van der Waals surface area contributed by atoms with E-state index in [-0.39, 0.29) is 17.5 Å². The maximum absolute atomic E-state index is 11.5. The van der Waals surface area contributed by atoms with Crippen molar-refractivity contribution in [2.75, 3.05) is 0 Å². The average molecular weight is 166 g/mol. The molecule has 0 spiro atoms. The molecule has 2 nitrogen and oxygen atoms in total. The molecule has 4 bridgehead atoms. The summed E-state index contributed by atoms with van der Waals surface area (Å²) in [6.07, 6.45) is 5.08. The lowest BCUT2D eigenvalue weighted by atomic mass is 9.54. The molecule has 3 saturated carbocycles. The fourth-order valence-corrected chi connectivity index (χ4v) is 3.38. The number of esters is 1. The molecular weight excluding hydrogens is 152 g/mol. The van der Waals surface area contributed by atoms with Gasteiger partial charge in [0.25, 0.3) is 0 Å². The molecule has 2 heteroatoms. The van der Waals surface area contributed by atoms with Crippen LogP contribution >= 0.6 is 0 Å². The van der Waals surface area contributed by atoms with Gasteiger partial charge in [0.2, 0.25) is 0 Å². The largest absolute Gasteiger partial charge is 0.462 e. The maximum atomic E-state index is 11.5. The van der Waals surface area contributed by atoms with Crippen LogP contribution in [0.4, 0.5) is 0 Å². The third-order valence-electron chi connectivity index (χ3n) is 4.24. The van der Waals surface area contributed by atoms with Crippen LogP contribution < -0.4 is 0 Å². The highest BCUT2D eigenvalue weighted by Crippen LogP contribution is 2.57. The van der Waals surface area contributed by atoms with Crippen molar-refractivity contribution in [2.45, 2.75) is 38.7 Å². The summed E-state index contributed by atoms with van der Waals surface area (Å²) in [7, 11) is 0. The standard InChI is InChI=1S/C10H14O2/c1-10-5-6-2-3-7(10)4-8(6)12-9(10)11/h6-8H,2-5H2,1H3. The molecule has 4 atom stereocenters. The van der Waals surface area contributed by atoms with Crippen molar-refractivity contribution >= 4 is 5.97 Å². The number of carbonyl (C=O) groups excluding carboxylic acids is 1. The van der Waals surface area contributed by atoms with Crippen LogP contribution in [0, 0.1) is 17.3 Å². The minimum Gasteiger partial charge on any atom is -0.462 e. The number of ether oxygens (including phenoxy) is 1. The number of carbonyl (C=O) groups is 1. The topological polar surface area (TPSA) is 26.3 Å². The molecule has 0 amide bonds. The Bertz CT molecular complexity index is 248. The molecule has 0 radical (unpaired) electrons. The summed E-state index contributed by atoms with van der Waals surface area (Å²) in [5.74, 6) is 1.41. The highest BCUT2D eigenvalue weighted by Gasteiger charge is 2.59. The van der Waals surface area contributed by atoms with Crippen LogP contribution in [-0.2, 0) is 9.53 Å². The van der Waals surface area contributed by atoms with Gasteiger partial charge >= 0.3 is 5.97 Å². The van der Waals surface area contributed by atoms with Crippen molar-refractivity contribution in [3.8, 4) is 0 Å². The first-order chi connectivity index (χ1) is 5.70. The van der Waals surface area contributed by atoms with E-state index in [0.717, 1.165) is 12.8 Å². The van der Waals surface area contributed by atoms with Gasteiger partial charge in [-0.05, 0) is 44.4 Å². The van der Waals surface area contributed by atoms with Gasteiger partial charge in [0.1, 0.15) is 6.10 Å². The van der Waals surface area contributed by atoms with Crippen molar-refractivity contribution in [1.82, 2.24) is 0 Å². The Morgan fingerprint density at radius 3 is 2.92 bits per heavy atom. The fraction of sp³-hybridized carbons (Fsp3) is 0.900. The highest BCUT2D eigenvalue weighted by atomic mass is 16.5. The van der Waals surface area contributed by atoms with E-state index in [0.29, 0.717) is 11.8 Å². The number of hydrogen-bond donors (Lipinski definition) is 0. The molecule has 5 fully saturated rings. The number of fused-ring (bicyclic) bond motifs is 2. The van der Waals surface area contributed by atoms with Gasteiger partial charge in [0.15, 0.2) is 0 Å². The molecule has 2 aliphatic heterocycles. The van der Waals surface area contributed by atoms with Crippen LogP contribution in [0.5, 0.6) is 0 Å². The van der Waals surface area contributed by atoms with E-state index >= 15 is 0 Å². The van der Waals surface area contributed by atoms with Gasteiger partial charge in [-0.1, -0.05) is 0 Å². The van der Waals surface area contributed by atoms with E-state index in [4.69, 9.17) is 4.74 Å². The first kappa shape index (κ1) is 6.93. The number of hydrogen-bond acceptors (Lipinski definition) is 2. The van der Waals surface area contributed by atoms with Gasteiger partial charge in [0, 0.05) is 0 Å². The fourth-order valence-electron chi connectivity index (χ4n) is 3.38. The summed E-state index contributed by atoms with van der Waals surface area (Å²) in [5, 5.41) is 0. The van der Waals surface area contributed by atoms with Gasteiger partial charge in [-0.25, -0.2) is 0 Å². The second kappa shape index (κ2) is 1.86. The molecule has 3 aliphatic carbocycles. The first-order valence-corrected chi connectivity index (χ1v) is 4.91. The smallest absolute Gasteiger partial charge is 0.312 e. The molecule has 66 valence electrons. The van der Waals surface area contributed by atoms with Crippen molar-refractivity contribution in [1.29, 1.82) is 0 Å². The molecule has 0 N–H and O–H groups in total. The molecule has 0 aromatic carbocycles. The van der Waals surface area contributed by atoms with E-state index in [9.17, 15) is 4.79 Å². The quantitative estimate of drug-likeness (QED) is 0.512. The van der Waals surface area contributed by atoms with E-state index in [1.165, 1.54) is 12.8 Å². The molecule has 4 unspecified atom stereocenters. The number of rotatable bonds is 0. The SMILES string of the molecule is CC12CC3CCC1CC3OC2=O. The Morgan fingerprint density at radius 2 is 2.33 bits per heavy atom. The van der Waals surface area contributed by atoms with E-state index in [1.54, 1.807) is 0 Å². The normalized spacial score (nSPS) is 55.8. The molecule has 2 heterocycles. The molecule has 5 aliphatic rings. The molecule has 0 aromatic heterocycles. The molecule has 0 aromatic rings. The summed E-state index contributed by atoms with van der Waals surface area (Å²) in [6.45, 7) is 2.10. The lowest BCUT2D eigenvalue weighted by Gasteiger charge is -2.56. The highest BCUT2D eigenvalue weighted by molar-refractivity contribution is 5.79. The third-order valence-corrected chi connectivity index (χ3v) is 4.24. The van der Waals surface area contributed by atoms with E-state index in [2.05, 4.69) is 6.92 Å². The summed E-state index contributed by atoms with van der Waals surface area (Å²) in [4.78, 5) is 11.5. The Hall–Kier alpha value is -0.530. The lowest BCUT2D eigenvalue weighted by Crippen LogP contribution is -2.58. The van der Waals surface area contributed by atoms with E-state index in [1.807, 2.05) is 0 Å². The Labute approximate surface area is 72.3 Å². The molecular formula is C10H14O2. The predicted octanol–water partition coefficient (Wildman–Crippen LogP) is 1.74. The minimum atomic E-state index is -0.0995. The van der Waals surface area contributed by atoms with Crippen molar-refractivity contribution < 1.29 is 9.53 Å². The molecule has 5 rings (SSSR count). The van der Waals surface area contributed by atoms with Gasteiger partial charge in [0.05, 0.1) is 5.41 Å². The van der Waals surface area contributed by atoms with Crippen LogP contribution in [0.2, 0.25) is 0 Å². The Kier molecular flexibility index (Phi) is 1.07. The summed E-state index contributed by atoms with van der Waals surface area (Å²) in [5.41, 5.74) is -0.0995. The van der Waals surface area contributed by atoms with Crippen LogP contribution in [0.15, 0.2) is 0 Å². The van der Waals surface area contributed by atoms with Crippen LogP contribution in [-0.4, -0.2) is 12.1 Å². The minimum absolute atomic E-state index is 0.0831. The first-order valence-electron chi connectivity index (χ1n) is 4.91. The zero-order valence-corrected chi connectivity index (χ0v) is 7.38. The third kappa shape index (κ3) is 0.606. The molecule has 2 saturated heterocycles. The van der Waals surface area contributed by atoms with Crippen molar-refractivity contribution in [2.24, 2.45) is 17.3 Å². The zero-order valence-electron chi connectivity index (χ0n) is 7.38. The molecule has 12 heavy (non-hydrogen) atoms. The van der Waals surface area contributed by atoms with Gasteiger partial charge < -0.3 is 4.74 Å². The van der Waals surface area contributed by atoms with Crippen molar-refractivity contribution in [3.63, 3.8) is 0 Å². The zero-order chi connectivity index (χ0) is 8.34. The van der Waals surface area contributed by atoms with Gasteiger partial charge in [-0.3, -0.25) is 4.79 Å². The Balaban J connectivity index is 2.06. The van der Waals surface area contributed by atoms with Gasteiger partial charge in [-0.2, -0.15) is 0 Å². The second-order valence-electron chi connectivity index (χ2n) is 4.84. The predicted molar refractivity (Wildman–Crippen MR) is 43.4 cm³/mol. The van der Waals surface area contributed by atoms with Crippen LogP contribution in [0.25, 0.3) is 0 Å². The van der Waals surface area contributed by atoms with Crippen molar-refractivity contribution in [3.05, 3.63) is 0 Å². The van der Waals surface area contributed by atoms with Gasteiger partial charge in [-0.15, -0.1) is 0 Å². The average Bonchev–Trinajstić information content (AvgIpc) is 2.05. The van der Waals surface area contributed by atoms with Crippen LogP contribution in [0.3, 0.4) is 0 Å². The summed E-state index contributed by atoms with van der Waals surface area (Å²) < 4.78 is 5.38. The maximum Gasteiger partial charge on any atom is 0.312 e. The monoisotopic (exact) mass is 166 g/mol. The lowest BCUT2D eigenvalue weighted by molar-refractivity contribution is -0.211.